The highest BCUT2D eigenvalue weighted by atomic mass is 35.5. The van der Waals surface area contributed by atoms with Crippen molar-refractivity contribution in [2.75, 3.05) is 12.4 Å². The van der Waals surface area contributed by atoms with Gasteiger partial charge in [-0.1, -0.05) is 30.8 Å². The van der Waals surface area contributed by atoms with Crippen LogP contribution in [0.4, 0.5) is 14.5 Å². The highest BCUT2D eigenvalue weighted by Crippen LogP contribution is 2.36. The average Bonchev–Trinajstić information content (AvgIpc) is 3.13. The van der Waals surface area contributed by atoms with Crippen molar-refractivity contribution in [1.29, 1.82) is 0 Å². The second-order valence-electron chi connectivity index (χ2n) is 5.64. The number of H-pyrrole nitrogens is 1. The second-order valence-corrected chi connectivity index (χ2v) is 6.08. The molecule has 1 amide bonds. The number of nitrogens with zero attached hydrogens (tertiary/aromatic N) is 2. The minimum Gasteiger partial charge on any atom is -0.434 e. The van der Waals surface area contributed by atoms with Crippen molar-refractivity contribution < 1.29 is 18.3 Å². The summed E-state index contributed by atoms with van der Waals surface area (Å²) in [5.41, 5.74) is 6.23. The maximum Gasteiger partial charge on any atom is 0.387 e. The predicted molar refractivity (Wildman–Crippen MR) is 112 cm³/mol. The van der Waals surface area contributed by atoms with E-state index in [0.717, 1.165) is 0 Å². The van der Waals surface area contributed by atoms with E-state index in [9.17, 15) is 13.6 Å². The van der Waals surface area contributed by atoms with Crippen LogP contribution in [0.2, 0.25) is 5.02 Å². The summed E-state index contributed by atoms with van der Waals surface area (Å²) >= 11 is 6.00. The predicted octanol–water partition coefficient (Wildman–Crippen LogP) is 3.43. The molecule has 30 heavy (non-hydrogen) atoms. The van der Waals surface area contributed by atoms with Crippen LogP contribution in [0.1, 0.15) is 0 Å². The fourth-order valence-corrected chi connectivity index (χ4v) is 2.63. The van der Waals surface area contributed by atoms with Gasteiger partial charge in [-0.15, -0.1) is 0 Å². The van der Waals surface area contributed by atoms with E-state index in [-0.39, 0.29) is 44.8 Å². The lowest BCUT2D eigenvalue weighted by molar-refractivity contribution is -0.112. The Morgan fingerprint density at radius 1 is 1.47 bits per heavy atom. The summed E-state index contributed by atoms with van der Waals surface area (Å²) < 4.78 is 30.1. The summed E-state index contributed by atoms with van der Waals surface area (Å²) in [6.45, 7) is 4.06. The number of aliphatic imine (C=N–C) groups is 1. The molecule has 5 N–H and O–H groups in total. The number of hydrogen-bond donors (Lipinski definition) is 4. The summed E-state index contributed by atoms with van der Waals surface area (Å²) in [7, 11) is 1.55. The number of nitrogens with two attached hydrogens (primary N) is 1. The Balaban J connectivity index is 2.47. The van der Waals surface area contributed by atoms with Crippen molar-refractivity contribution >= 4 is 29.4 Å². The van der Waals surface area contributed by atoms with Gasteiger partial charge in [-0.25, -0.2) is 4.99 Å². The summed E-state index contributed by atoms with van der Waals surface area (Å²) in [6, 6.07) is 4.08. The van der Waals surface area contributed by atoms with E-state index >= 15 is 0 Å². The lowest BCUT2D eigenvalue weighted by Crippen LogP contribution is -2.23. The van der Waals surface area contributed by atoms with Gasteiger partial charge in [0, 0.05) is 29.5 Å². The third-order valence-electron chi connectivity index (χ3n) is 3.65. The molecule has 0 unspecified atom stereocenters. The summed E-state index contributed by atoms with van der Waals surface area (Å²) in [5.74, 6) is -0.664. The van der Waals surface area contributed by atoms with Crippen LogP contribution in [0.25, 0.3) is 11.3 Å². The Labute approximate surface area is 176 Å². The van der Waals surface area contributed by atoms with Gasteiger partial charge < -0.3 is 21.1 Å². The topological polar surface area (TPSA) is 117 Å². The molecule has 11 heteroatoms. The van der Waals surface area contributed by atoms with Gasteiger partial charge in [0.2, 0.25) is 0 Å². The zero-order valence-electron chi connectivity index (χ0n) is 15.9. The smallest absolute Gasteiger partial charge is 0.387 e. The van der Waals surface area contributed by atoms with Crippen molar-refractivity contribution in [3.8, 4) is 17.0 Å². The molecule has 2 aromatic rings. The van der Waals surface area contributed by atoms with Gasteiger partial charge in [-0.05, 0) is 18.2 Å². The summed E-state index contributed by atoms with van der Waals surface area (Å²) in [6.07, 6.45) is 4.08. The SMILES string of the molecule is C=C/C=N\C(NC)=C(\C(=C)N)C(=O)Nc1cn[nH]c1-c1cc(Cl)ccc1OC(F)F. The molecule has 0 fully saturated rings. The van der Waals surface area contributed by atoms with Crippen LogP contribution in [0.5, 0.6) is 5.75 Å². The number of amides is 1. The van der Waals surface area contributed by atoms with Crippen molar-refractivity contribution in [3.63, 3.8) is 0 Å². The molecule has 2 rings (SSSR count). The van der Waals surface area contributed by atoms with E-state index in [4.69, 9.17) is 17.3 Å². The molecule has 158 valence electrons. The number of anilines is 1. The van der Waals surface area contributed by atoms with E-state index in [1.54, 1.807) is 7.05 Å². The minimum atomic E-state index is -3.05. The Morgan fingerprint density at radius 3 is 2.80 bits per heavy atom. The molecule has 0 saturated carbocycles. The molecule has 0 atom stereocenters. The number of carbonyl (C=O) groups is 1. The molecular weight excluding hydrogens is 418 g/mol. The highest BCUT2D eigenvalue weighted by molar-refractivity contribution is 6.31. The van der Waals surface area contributed by atoms with E-state index in [2.05, 4.69) is 43.7 Å². The molecule has 0 radical (unpaired) electrons. The van der Waals surface area contributed by atoms with Crippen LogP contribution < -0.4 is 21.1 Å². The first kappa shape index (κ1) is 22.6. The van der Waals surface area contributed by atoms with E-state index in [0.29, 0.717) is 0 Å². The first-order valence-electron chi connectivity index (χ1n) is 8.39. The van der Waals surface area contributed by atoms with Gasteiger partial charge in [0.15, 0.2) is 0 Å². The third kappa shape index (κ3) is 5.45. The average molecular weight is 437 g/mol. The Morgan fingerprint density at radius 2 is 2.20 bits per heavy atom. The molecule has 1 heterocycles. The zero-order chi connectivity index (χ0) is 22.3. The number of halogens is 3. The van der Waals surface area contributed by atoms with Crippen LogP contribution in [0, 0.1) is 0 Å². The number of allylic oxidation sites excluding steroid dienone is 1. The summed E-state index contributed by atoms with van der Waals surface area (Å²) in [5, 5.41) is 12.1. The molecule has 0 bridgehead atoms. The third-order valence-corrected chi connectivity index (χ3v) is 3.88. The lowest BCUT2D eigenvalue weighted by atomic mass is 10.1. The number of rotatable bonds is 9. The van der Waals surface area contributed by atoms with Gasteiger partial charge in [-0.3, -0.25) is 9.89 Å². The van der Waals surface area contributed by atoms with Gasteiger partial charge in [-0.2, -0.15) is 13.9 Å². The fraction of sp³-hybridized carbons (Fsp3) is 0.105. The van der Waals surface area contributed by atoms with Crippen LogP contribution in [0.3, 0.4) is 0 Å². The first-order valence-corrected chi connectivity index (χ1v) is 8.77. The quantitative estimate of drug-likeness (QED) is 0.273. The van der Waals surface area contributed by atoms with Crippen molar-refractivity contribution in [2.24, 2.45) is 10.7 Å². The molecule has 1 aromatic heterocycles. The number of ether oxygens (including phenoxy) is 1. The summed E-state index contributed by atoms with van der Waals surface area (Å²) in [4.78, 5) is 16.9. The van der Waals surface area contributed by atoms with E-state index < -0.39 is 12.5 Å². The standard InChI is InChI=1S/C19H19ClF2N6O2/c1-4-7-25-17(24-3)15(10(2)23)18(29)27-13-9-26-28-16(13)12-8-11(20)5-6-14(12)30-19(21)22/h4-9,19,24H,1-2,23H2,3H3,(H,26,28)(H,27,29)/b17-15-,25-7-. The zero-order valence-corrected chi connectivity index (χ0v) is 16.6. The van der Waals surface area contributed by atoms with Crippen molar-refractivity contribution in [2.45, 2.75) is 6.61 Å². The number of aromatic nitrogens is 2. The van der Waals surface area contributed by atoms with E-state index in [1.807, 2.05) is 0 Å². The molecule has 0 aliphatic carbocycles. The van der Waals surface area contributed by atoms with Gasteiger partial charge in [0.25, 0.3) is 5.91 Å². The normalized spacial score (nSPS) is 11.9. The molecule has 1 aromatic carbocycles. The Kier molecular flexibility index (Phi) is 7.70. The largest absolute Gasteiger partial charge is 0.434 e. The minimum absolute atomic E-state index is 0.0297. The Hall–Kier alpha value is -3.66. The van der Waals surface area contributed by atoms with Crippen molar-refractivity contribution in [1.82, 2.24) is 15.5 Å². The van der Waals surface area contributed by atoms with E-state index in [1.165, 1.54) is 36.7 Å². The van der Waals surface area contributed by atoms with Gasteiger partial charge in [0.1, 0.15) is 17.1 Å². The second kappa shape index (κ2) is 10.2. The lowest BCUT2D eigenvalue weighted by Gasteiger charge is -2.14. The number of aromatic amines is 1. The monoisotopic (exact) mass is 436 g/mol. The maximum absolute atomic E-state index is 12.9. The van der Waals surface area contributed by atoms with Crippen LogP contribution >= 0.6 is 11.6 Å². The molecule has 0 saturated heterocycles. The van der Waals surface area contributed by atoms with Gasteiger partial charge >= 0.3 is 6.61 Å². The number of alkyl halides is 2. The molecular formula is C19H19ClF2N6O2. The first-order chi connectivity index (χ1) is 14.3. The fourth-order valence-electron chi connectivity index (χ4n) is 2.45. The maximum atomic E-state index is 12.9. The molecule has 0 aliphatic heterocycles. The van der Waals surface area contributed by atoms with Crippen LogP contribution in [0.15, 0.2) is 65.7 Å². The molecule has 0 aliphatic rings. The number of nitrogens with one attached hydrogen (secondary N) is 3. The number of carbonyl (C=O) groups excluding carboxylic acids is 1. The van der Waals surface area contributed by atoms with Crippen LogP contribution in [-0.2, 0) is 4.79 Å². The highest BCUT2D eigenvalue weighted by Gasteiger charge is 2.21. The van der Waals surface area contributed by atoms with Gasteiger partial charge in [0.05, 0.1) is 17.6 Å². The van der Waals surface area contributed by atoms with Crippen LogP contribution in [-0.4, -0.2) is 36.0 Å². The molecule has 0 spiro atoms. The number of benzene rings is 1. The Bertz CT molecular complexity index is 1020. The number of hydrogen-bond acceptors (Lipinski definition) is 6. The molecule has 8 nitrogen and oxygen atoms in total. The van der Waals surface area contributed by atoms with Crippen molar-refractivity contribution in [3.05, 3.63) is 65.7 Å².